The van der Waals surface area contributed by atoms with Crippen molar-refractivity contribution in [2.24, 2.45) is 5.73 Å². The smallest absolute Gasteiger partial charge is 0.219 e. The fourth-order valence-corrected chi connectivity index (χ4v) is 2.92. The Morgan fingerprint density at radius 1 is 1.52 bits per heavy atom. The standard InChI is InChI=1S/C13H12BrClN4O2/c14-7-5-8-10-12(11(7)15)21-4-3-19(2-1-9(16)20)13(10)18-6-17-8/h5-6H,1-4H2,(H2,16,20). The van der Waals surface area contributed by atoms with Crippen molar-refractivity contribution in [3.05, 3.63) is 21.9 Å². The minimum Gasteiger partial charge on any atom is -0.489 e. The van der Waals surface area contributed by atoms with E-state index in [1.165, 1.54) is 6.33 Å². The molecule has 1 amide bonds. The van der Waals surface area contributed by atoms with Gasteiger partial charge in [0.15, 0.2) is 5.75 Å². The van der Waals surface area contributed by atoms with E-state index < -0.39 is 0 Å². The molecule has 1 aliphatic heterocycles. The average Bonchev–Trinajstić information content (AvgIpc) is 2.63. The molecule has 0 spiro atoms. The number of aromatic nitrogens is 2. The first-order valence-corrected chi connectivity index (χ1v) is 7.54. The number of primary amides is 1. The van der Waals surface area contributed by atoms with Crippen molar-refractivity contribution in [2.45, 2.75) is 6.42 Å². The van der Waals surface area contributed by atoms with Crippen LogP contribution in [0.15, 0.2) is 16.9 Å². The lowest BCUT2D eigenvalue weighted by atomic mass is 10.2. The average molecular weight is 372 g/mol. The number of halogens is 2. The van der Waals surface area contributed by atoms with Gasteiger partial charge in [0.2, 0.25) is 5.91 Å². The van der Waals surface area contributed by atoms with Gasteiger partial charge in [0.25, 0.3) is 0 Å². The number of hydrogen-bond donors (Lipinski definition) is 1. The van der Waals surface area contributed by atoms with E-state index in [0.717, 1.165) is 15.4 Å². The fraction of sp³-hybridized carbons (Fsp3) is 0.308. The highest BCUT2D eigenvalue weighted by Crippen LogP contribution is 2.43. The van der Waals surface area contributed by atoms with Crippen molar-refractivity contribution in [1.29, 1.82) is 0 Å². The molecule has 1 aromatic heterocycles. The van der Waals surface area contributed by atoms with Crippen LogP contribution in [0, 0.1) is 0 Å². The largest absolute Gasteiger partial charge is 0.489 e. The number of nitrogens with zero attached hydrogens (tertiary/aromatic N) is 3. The molecule has 0 bridgehead atoms. The predicted octanol–water partition coefficient (Wildman–Crippen LogP) is 2.12. The van der Waals surface area contributed by atoms with E-state index in [2.05, 4.69) is 25.9 Å². The van der Waals surface area contributed by atoms with Crippen molar-refractivity contribution in [3.63, 3.8) is 0 Å². The zero-order valence-electron chi connectivity index (χ0n) is 11.0. The maximum Gasteiger partial charge on any atom is 0.219 e. The molecule has 0 radical (unpaired) electrons. The molecular weight excluding hydrogens is 360 g/mol. The van der Waals surface area contributed by atoms with Gasteiger partial charge in [0.05, 0.1) is 22.5 Å². The van der Waals surface area contributed by atoms with Gasteiger partial charge in [-0.2, -0.15) is 0 Å². The minimum absolute atomic E-state index is 0.255. The van der Waals surface area contributed by atoms with Gasteiger partial charge in [-0.15, -0.1) is 0 Å². The molecule has 1 aliphatic rings. The summed E-state index contributed by atoms with van der Waals surface area (Å²) < 4.78 is 6.49. The number of rotatable bonds is 3. The highest BCUT2D eigenvalue weighted by Gasteiger charge is 2.23. The Labute approximate surface area is 134 Å². The third-order valence-corrected chi connectivity index (χ3v) is 4.52. The Balaban J connectivity index is 2.16. The van der Waals surface area contributed by atoms with E-state index in [9.17, 15) is 4.79 Å². The highest BCUT2D eigenvalue weighted by atomic mass is 79.9. The lowest BCUT2D eigenvalue weighted by molar-refractivity contribution is -0.117. The summed E-state index contributed by atoms with van der Waals surface area (Å²) in [6.45, 7) is 1.53. The summed E-state index contributed by atoms with van der Waals surface area (Å²) in [6.07, 6.45) is 1.75. The van der Waals surface area contributed by atoms with Gasteiger partial charge in [-0.1, -0.05) is 11.6 Å². The Morgan fingerprint density at radius 3 is 3.10 bits per heavy atom. The summed E-state index contributed by atoms with van der Waals surface area (Å²) in [5, 5.41) is 1.25. The topological polar surface area (TPSA) is 81.3 Å². The number of carbonyl (C=O) groups is 1. The van der Waals surface area contributed by atoms with Crippen LogP contribution in [0.2, 0.25) is 5.02 Å². The van der Waals surface area contributed by atoms with Gasteiger partial charge in [0.1, 0.15) is 18.8 Å². The third-order valence-electron chi connectivity index (χ3n) is 3.29. The van der Waals surface area contributed by atoms with Gasteiger partial charge >= 0.3 is 0 Å². The normalized spacial score (nSPS) is 13.9. The van der Waals surface area contributed by atoms with E-state index in [4.69, 9.17) is 22.1 Å². The van der Waals surface area contributed by atoms with E-state index in [-0.39, 0.29) is 12.3 Å². The molecule has 0 aliphatic carbocycles. The Bertz CT molecular complexity index is 725. The molecule has 0 atom stereocenters. The van der Waals surface area contributed by atoms with Crippen molar-refractivity contribution in [2.75, 3.05) is 24.6 Å². The quantitative estimate of drug-likeness (QED) is 0.894. The molecule has 1 aromatic carbocycles. The monoisotopic (exact) mass is 370 g/mol. The lowest BCUT2D eigenvalue weighted by Crippen LogP contribution is -2.31. The van der Waals surface area contributed by atoms with Crippen LogP contribution in [-0.2, 0) is 4.79 Å². The SMILES string of the molecule is NC(=O)CCN1CCOc2c(Cl)c(Br)cc3ncnc1c23. The number of nitrogens with two attached hydrogens (primary N) is 1. The fourth-order valence-electron chi connectivity index (χ4n) is 2.32. The van der Waals surface area contributed by atoms with Gasteiger partial charge in [-0.05, 0) is 22.0 Å². The van der Waals surface area contributed by atoms with E-state index in [1.807, 2.05) is 11.0 Å². The van der Waals surface area contributed by atoms with Crippen molar-refractivity contribution in [1.82, 2.24) is 9.97 Å². The van der Waals surface area contributed by atoms with Crippen molar-refractivity contribution in [3.8, 4) is 5.75 Å². The summed E-state index contributed by atoms with van der Waals surface area (Å²) >= 11 is 9.71. The van der Waals surface area contributed by atoms with Gasteiger partial charge in [0, 0.05) is 17.4 Å². The van der Waals surface area contributed by atoms with Crippen LogP contribution in [0.25, 0.3) is 10.9 Å². The zero-order valence-corrected chi connectivity index (χ0v) is 13.3. The lowest BCUT2D eigenvalue weighted by Gasteiger charge is -2.21. The second kappa shape index (κ2) is 5.65. The first kappa shape index (κ1) is 14.3. The Kier molecular flexibility index (Phi) is 3.86. The number of ether oxygens (including phenoxy) is 1. The van der Waals surface area contributed by atoms with E-state index in [1.54, 1.807) is 0 Å². The maximum atomic E-state index is 11.0. The second-order valence-electron chi connectivity index (χ2n) is 4.64. The molecule has 0 saturated heterocycles. The first-order chi connectivity index (χ1) is 10.1. The predicted molar refractivity (Wildman–Crippen MR) is 83.8 cm³/mol. The summed E-state index contributed by atoms with van der Waals surface area (Å²) in [5.41, 5.74) is 5.96. The first-order valence-electron chi connectivity index (χ1n) is 6.36. The summed E-state index contributed by atoms with van der Waals surface area (Å²) in [6, 6.07) is 1.83. The number of hydrogen-bond acceptors (Lipinski definition) is 5. The van der Waals surface area contributed by atoms with E-state index in [0.29, 0.717) is 36.3 Å². The third kappa shape index (κ3) is 2.63. The highest BCUT2D eigenvalue weighted by molar-refractivity contribution is 9.10. The Morgan fingerprint density at radius 2 is 2.33 bits per heavy atom. The summed E-state index contributed by atoms with van der Waals surface area (Å²) in [7, 11) is 0. The molecule has 0 saturated carbocycles. The van der Waals surface area contributed by atoms with Crippen LogP contribution >= 0.6 is 27.5 Å². The number of amides is 1. The second-order valence-corrected chi connectivity index (χ2v) is 5.88. The van der Waals surface area contributed by atoms with Crippen LogP contribution in [0.3, 0.4) is 0 Å². The summed E-state index contributed by atoms with van der Waals surface area (Å²) in [4.78, 5) is 21.6. The van der Waals surface area contributed by atoms with Crippen LogP contribution in [-0.4, -0.2) is 35.6 Å². The molecule has 6 nitrogen and oxygen atoms in total. The minimum atomic E-state index is -0.348. The van der Waals surface area contributed by atoms with E-state index >= 15 is 0 Å². The molecule has 2 N–H and O–H groups in total. The van der Waals surface area contributed by atoms with Gasteiger partial charge < -0.3 is 15.4 Å². The molecule has 110 valence electrons. The van der Waals surface area contributed by atoms with Gasteiger partial charge in [-0.3, -0.25) is 4.79 Å². The number of carbonyl (C=O) groups excluding carboxylic acids is 1. The molecule has 3 rings (SSSR count). The molecule has 8 heteroatoms. The molecular formula is C13H12BrClN4O2. The molecule has 0 unspecified atom stereocenters. The van der Waals surface area contributed by atoms with Crippen LogP contribution in [0.4, 0.5) is 5.82 Å². The molecule has 2 heterocycles. The Hall–Kier alpha value is -1.60. The van der Waals surface area contributed by atoms with Crippen molar-refractivity contribution < 1.29 is 9.53 Å². The maximum absolute atomic E-state index is 11.0. The summed E-state index contributed by atoms with van der Waals surface area (Å²) in [5.74, 6) is 0.931. The number of anilines is 1. The van der Waals surface area contributed by atoms with Crippen LogP contribution in [0.5, 0.6) is 5.75 Å². The van der Waals surface area contributed by atoms with Crippen molar-refractivity contribution >= 4 is 50.2 Å². The molecule has 21 heavy (non-hydrogen) atoms. The van der Waals surface area contributed by atoms with Crippen LogP contribution < -0.4 is 15.4 Å². The molecule has 2 aromatic rings. The van der Waals surface area contributed by atoms with Gasteiger partial charge in [-0.25, -0.2) is 9.97 Å². The van der Waals surface area contributed by atoms with Crippen LogP contribution in [0.1, 0.15) is 6.42 Å². The molecule has 0 fully saturated rings. The zero-order chi connectivity index (χ0) is 15.0. The number of benzene rings is 1.